The molecule has 0 heterocycles. The van der Waals surface area contributed by atoms with Crippen molar-refractivity contribution >= 4 is 50.7 Å². The zero-order valence-electron chi connectivity index (χ0n) is 10.0. The Morgan fingerprint density at radius 1 is 1.11 bits per heavy atom. The molecule has 98 valence electrons. The molecule has 0 spiro atoms. The molecule has 0 bridgehead atoms. The fourth-order valence-corrected chi connectivity index (χ4v) is 2.55. The number of nitrogens with one attached hydrogen (secondary N) is 1. The summed E-state index contributed by atoms with van der Waals surface area (Å²) < 4.78 is 0.854. The molecule has 0 atom stereocenters. The van der Waals surface area contributed by atoms with Gasteiger partial charge in [-0.1, -0.05) is 45.2 Å². The molecule has 19 heavy (non-hydrogen) atoms. The van der Waals surface area contributed by atoms with Gasteiger partial charge >= 0.3 is 0 Å². The summed E-state index contributed by atoms with van der Waals surface area (Å²) in [6, 6.07) is 10.5. The highest BCUT2D eigenvalue weighted by atomic mass is 79.9. The normalized spacial score (nSPS) is 10.3. The molecule has 0 saturated carbocycles. The van der Waals surface area contributed by atoms with E-state index >= 15 is 0 Å². The Balaban J connectivity index is 2.28. The topological polar surface area (TPSA) is 29.1 Å². The Hall–Kier alpha value is -1.03. The number of aryl methyl sites for hydroxylation is 1. The summed E-state index contributed by atoms with van der Waals surface area (Å²) in [7, 11) is 0. The average molecular weight is 359 g/mol. The van der Waals surface area contributed by atoms with Crippen molar-refractivity contribution in [1.29, 1.82) is 0 Å². The molecule has 2 aromatic carbocycles. The van der Waals surface area contributed by atoms with Crippen LogP contribution in [-0.2, 0) is 0 Å². The minimum atomic E-state index is -0.197. The second-order valence-corrected chi connectivity index (χ2v) is 5.86. The van der Waals surface area contributed by atoms with Crippen LogP contribution in [0.2, 0.25) is 10.0 Å². The van der Waals surface area contributed by atoms with Crippen molar-refractivity contribution in [3.63, 3.8) is 0 Å². The first-order chi connectivity index (χ1) is 8.95. The SMILES string of the molecule is Cc1ccc(Br)cc1C(=O)Nc1cc(Cl)cc(Cl)c1. The predicted molar refractivity (Wildman–Crippen MR) is 83.3 cm³/mol. The maximum absolute atomic E-state index is 12.2. The lowest BCUT2D eigenvalue weighted by Crippen LogP contribution is -2.13. The number of rotatable bonds is 2. The zero-order chi connectivity index (χ0) is 14.0. The van der Waals surface area contributed by atoms with Crippen molar-refractivity contribution in [2.75, 3.05) is 5.32 Å². The van der Waals surface area contributed by atoms with Crippen LogP contribution < -0.4 is 5.32 Å². The second kappa shape index (κ2) is 5.95. The van der Waals surface area contributed by atoms with E-state index < -0.39 is 0 Å². The Labute approximate surface area is 129 Å². The predicted octanol–water partition coefficient (Wildman–Crippen LogP) is 5.32. The van der Waals surface area contributed by atoms with Gasteiger partial charge in [0.15, 0.2) is 0 Å². The van der Waals surface area contributed by atoms with E-state index in [-0.39, 0.29) is 5.91 Å². The third-order valence-electron chi connectivity index (χ3n) is 2.56. The number of carbonyl (C=O) groups is 1. The van der Waals surface area contributed by atoms with Gasteiger partial charge in [0.05, 0.1) is 0 Å². The molecule has 0 aliphatic carbocycles. The van der Waals surface area contributed by atoms with Crippen LogP contribution in [0.25, 0.3) is 0 Å². The van der Waals surface area contributed by atoms with E-state index in [1.165, 1.54) is 0 Å². The maximum atomic E-state index is 12.2. The Morgan fingerprint density at radius 3 is 2.37 bits per heavy atom. The van der Waals surface area contributed by atoms with Gasteiger partial charge in [-0.15, -0.1) is 0 Å². The molecule has 0 aliphatic heterocycles. The Bertz CT molecular complexity index is 623. The summed E-state index contributed by atoms with van der Waals surface area (Å²) in [5.41, 5.74) is 2.07. The van der Waals surface area contributed by atoms with Gasteiger partial charge in [-0.3, -0.25) is 4.79 Å². The van der Waals surface area contributed by atoms with Gasteiger partial charge < -0.3 is 5.32 Å². The molecule has 0 radical (unpaired) electrons. The van der Waals surface area contributed by atoms with Crippen molar-refractivity contribution in [1.82, 2.24) is 0 Å². The van der Waals surface area contributed by atoms with Gasteiger partial charge in [0.25, 0.3) is 5.91 Å². The number of carbonyl (C=O) groups excluding carboxylic acids is 1. The molecule has 0 unspecified atom stereocenters. The van der Waals surface area contributed by atoms with E-state index in [4.69, 9.17) is 23.2 Å². The van der Waals surface area contributed by atoms with Gasteiger partial charge in [0, 0.05) is 25.8 Å². The summed E-state index contributed by atoms with van der Waals surface area (Å²) in [5.74, 6) is -0.197. The maximum Gasteiger partial charge on any atom is 0.255 e. The van der Waals surface area contributed by atoms with Crippen LogP contribution in [0.1, 0.15) is 15.9 Å². The first kappa shape index (κ1) is 14.4. The average Bonchev–Trinajstić information content (AvgIpc) is 2.30. The molecule has 0 fully saturated rings. The molecule has 2 nitrogen and oxygen atoms in total. The van der Waals surface area contributed by atoms with E-state index in [1.807, 2.05) is 19.1 Å². The van der Waals surface area contributed by atoms with Gasteiger partial charge in [0.1, 0.15) is 0 Å². The highest BCUT2D eigenvalue weighted by Crippen LogP contribution is 2.24. The minimum Gasteiger partial charge on any atom is -0.322 e. The summed E-state index contributed by atoms with van der Waals surface area (Å²) in [6.07, 6.45) is 0. The highest BCUT2D eigenvalue weighted by Gasteiger charge is 2.10. The fourth-order valence-electron chi connectivity index (χ4n) is 1.66. The number of benzene rings is 2. The number of anilines is 1. The van der Waals surface area contributed by atoms with Crippen molar-refractivity contribution in [3.8, 4) is 0 Å². The summed E-state index contributed by atoms with van der Waals surface area (Å²) in [5, 5.41) is 3.74. The second-order valence-electron chi connectivity index (χ2n) is 4.07. The zero-order valence-corrected chi connectivity index (χ0v) is 13.1. The van der Waals surface area contributed by atoms with Crippen LogP contribution in [-0.4, -0.2) is 5.91 Å². The lowest BCUT2D eigenvalue weighted by molar-refractivity contribution is 0.102. The van der Waals surface area contributed by atoms with Gasteiger partial charge in [0.2, 0.25) is 0 Å². The Kier molecular flexibility index (Phi) is 4.50. The number of halogens is 3. The summed E-state index contributed by atoms with van der Waals surface area (Å²) in [4.78, 5) is 12.2. The quantitative estimate of drug-likeness (QED) is 0.773. The van der Waals surface area contributed by atoms with Crippen molar-refractivity contribution in [2.45, 2.75) is 6.92 Å². The lowest BCUT2D eigenvalue weighted by Gasteiger charge is -2.09. The standard InChI is InChI=1S/C14H10BrCl2NO/c1-8-2-3-9(15)4-13(8)14(19)18-12-6-10(16)5-11(17)7-12/h2-7H,1H3,(H,18,19). The van der Waals surface area contributed by atoms with E-state index in [0.29, 0.717) is 21.3 Å². The third kappa shape index (κ3) is 3.72. The van der Waals surface area contributed by atoms with Crippen molar-refractivity contribution in [3.05, 3.63) is 62.0 Å². The van der Waals surface area contributed by atoms with Crippen LogP contribution in [0.5, 0.6) is 0 Å². The summed E-state index contributed by atoms with van der Waals surface area (Å²) in [6.45, 7) is 1.88. The van der Waals surface area contributed by atoms with Gasteiger partial charge in [-0.2, -0.15) is 0 Å². The van der Waals surface area contributed by atoms with Crippen molar-refractivity contribution < 1.29 is 4.79 Å². The molecule has 5 heteroatoms. The molecular weight excluding hydrogens is 349 g/mol. The Morgan fingerprint density at radius 2 is 1.74 bits per heavy atom. The smallest absolute Gasteiger partial charge is 0.255 e. The molecule has 1 amide bonds. The lowest BCUT2D eigenvalue weighted by atomic mass is 10.1. The first-order valence-electron chi connectivity index (χ1n) is 5.49. The molecule has 1 N–H and O–H groups in total. The van der Waals surface area contributed by atoms with Crippen LogP contribution in [0.15, 0.2) is 40.9 Å². The largest absolute Gasteiger partial charge is 0.322 e. The van der Waals surface area contributed by atoms with Crippen LogP contribution in [0.4, 0.5) is 5.69 Å². The van der Waals surface area contributed by atoms with E-state index in [2.05, 4.69) is 21.2 Å². The summed E-state index contributed by atoms with van der Waals surface area (Å²) >= 11 is 15.1. The monoisotopic (exact) mass is 357 g/mol. The van der Waals surface area contributed by atoms with E-state index in [1.54, 1.807) is 24.3 Å². The number of hydrogen-bond acceptors (Lipinski definition) is 1. The van der Waals surface area contributed by atoms with Gasteiger partial charge in [-0.05, 0) is 42.8 Å². The number of hydrogen-bond donors (Lipinski definition) is 1. The highest BCUT2D eigenvalue weighted by molar-refractivity contribution is 9.10. The first-order valence-corrected chi connectivity index (χ1v) is 7.04. The van der Waals surface area contributed by atoms with E-state index in [0.717, 1.165) is 10.0 Å². The third-order valence-corrected chi connectivity index (χ3v) is 3.49. The van der Waals surface area contributed by atoms with E-state index in [9.17, 15) is 4.79 Å². The molecule has 0 aromatic heterocycles. The van der Waals surface area contributed by atoms with Gasteiger partial charge in [-0.25, -0.2) is 0 Å². The van der Waals surface area contributed by atoms with Crippen molar-refractivity contribution in [2.24, 2.45) is 0 Å². The number of amides is 1. The molecule has 0 saturated heterocycles. The molecule has 2 rings (SSSR count). The molecule has 2 aromatic rings. The van der Waals surface area contributed by atoms with Crippen LogP contribution in [0, 0.1) is 6.92 Å². The van der Waals surface area contributed by atoms with Crippen LogP contribution in [0.3, 0.4) is 0 Å². The molecule has 0 aliphatic rings. The molecular formula is C14H10BrCl2NO. The minimum absolute atomic E-state index is 0.197. The van der Waals surface area contributed by atoms with Crippen LogP contribution >= 0.6 is 39.1 Å². The fraction of sp³-hybridized carbons (Fsp3) is 0.0714.